The molecule has 1 fully saturated rings. The highest BCUT2D eigenvalue weighted by atomic mass is 16.2. The number of carbonyl (C=O) groups is 1. The number of hydrazone groups is 1. The maximum absolute atomic E-state index is 11.4. The van der Waals surface area contributed by atoms with Crippen LogP contribution in [0.4, 0.5) is 5.69 Å². The molecule has 0 spiro atoms. The van der Waals surface area contributed by atoms with Gasteiger partial charge in [0.15, 0.2) is 0 Å². The van der Waals surface area contributed by atoms with Crippen LogP contribution < -0.4 is 10.7 Å². The number of benzene rings is 1. The number of aryl methyl sites for hydroxylation is 1. The average Bonchev–Trinajstić information content (AvgIpc) is 2.30. The number of para-hydroxylation sites is 1. The maximum Gasteiger partial charge on any atom is 0.267 e. The molecule has 0 aromatic heterocycles. The molecule has 1 aliphatic heterocycles. The van der Waals surface area contributed by atoms with E-state index in [4.69, 9.17) is 0 Å². The monoisotopic (exact) mass is 217 g/mol. The number of carbonyl (C=O) groups excluding carboxylic acids is 1. The molecule has 0 bridgehead atoms. The van der Waals surface area contributed by atoms with Crippen molar-refractivity contribution in [2.45, 2.75) is 19.8 Å². The van der Waals surface area contributed by atoms with Crippen LogP contribution in [-0.4, -0.2) is 18.2 Å². The van der Waals surface area contributed by atoms with Gasteiger partial charge in [0, 0.05) is 6.54 Å². The lowest BCUT2D eigenvalue weighted by molar-refractivity contribution is -0.115. The molecule has 4 nitrogen and oxygen atoms in total. The number of piperidine rings is 1. The van der Waals surface area contributed by atoms with E-state index in [2.05, 4.69) is 15.8 Å². The van der Waals surface area contributed by atoms with Crippen LogP contribution in [0.2, 0.25) is 0 Å². The standard InChI is InChI=1S/C12H15N3O/c1-9-5-2-3-6-10(9)14-15-11-7-4-8-13-12(11)16/h2-3,5-6,14H,4,7-8H2,1H3,(H,13,16)/b15-11+. The number of hydrogen-bond acceptors (Lipinski definition) is 3. The molecule has 1 amide bonds. The lowest BCUT2D eigenvalue weighted by Gasteiger charge is -2.14. The van der Waals surface area contributed by atoms with Crippen molar-refractivity contribution in [3.8, 4) is 0 Å². The van der Waals surface area contributed by atoms with E-state index < -0.39 is 0 Å². The largest absolute Gasteiger partial charge is 0.351 e. The highest BCUT2D eigenvalue weighted by Crippen LogP contribution is 2.13. The zero-order valence-corrected chi connectivity index (χ0v) is 9.29. The SMILES string of the molecule is Cc1ccccc1N/N=C1\CCCNC1=O. The first-order chi connectivity index (χ1) is 7.77. The second-order valence-electron chi connectivity index (χ2n) is 3.84. The second-order valence-corrected chi connectivity index (χ2v) is 3.84. The van der Waals surface area contributed by atoms with Crippen molar-refractivity contribution in [3.63, 3.8) is 0 Å². The van der Waals surface area contributed by atoms with E-state index >= 15 is 0 Å². The molecular formula is C12H15N3O. The fraction of sp³-hybridized carbons (Fsp3) is 0.333. The van der Waals surface area contributed by atoms with Crippen LogP contribution in [-0.2, 0) is 4.79 Å². The van der Waals surface area contributed by atoms with Crippen molar-refractivity contribution in [1.82, 2.24) is 5.32 Å². The molecule has 0 aliphatic carbocycles. The molecule has 2 rings (SSSR count). The number of anilines is 1. The van der Waals surface area contributed by atoms with Crippen molar-refractivity contribution in [2.75, 3.05) is 12.0 Å². The van der Waals surface area contributed by atoms with Crippen molar-refractivity contribution in [2.24, 2.45) is 5.10 Å². The number of hydrogen-bond donors (Lipinski definition) is 2. The smallest absolute Gasteiger partial charge is 0.267 e. The van der Waals surface area contributed by atoms with Gasteiger partial charge in [-0.25, -0.2) is 0 Å². The van der Waals surface area contributed by atoms with Crippen LogP contribution in [0, 0.1) is 6.92 Å². The zero-order valence-electron chi connectivity index (χ0n) is 9.29. The summed E-state index contributed by atoms with van der Waals surface area (Å²) in [7, 11) is 0. The summed E-state index contributed by atoms with van der Waals surface area (Å²) < 4.78 is 0. The minimum Gasteiger partial charge on any atom is -0.351 e. The molecule has 1 saturated heterocycles. The summed E-state index contributed by atoms with van der Waals surface area (Å²) in [6.07, 6.45) is 1.70. The molecule has 4 heteroatoms. The molecular weight excluding hydrogens is 202 g/mol. The molecule has 1 aromatic carbocycles. The molecule has 16 heavy (non-hydrogen) atoms. The van der Waals surface area contributed by atoms with Crippen LogP contribution in [0.1, 0.15) is 18.4 Å². The fourth-order valence-corrected chi connectivity index (χ4v) is 1.61. The third kappa shape index (κ3) is 2.39. The van der Waals surface area contributed by atoms with Crippen molar-refractivity contribution < 1.29 is 4.79 Å². The Hall–Kier alpha value is -1.84. The Morgan fingerprint density at radius 3 is 2.94 bits per heavy atom. The van der Waals surface area contributed by atoms with Crippen LogP contribution in [0.3, 0.4) is 0 Å². The number of rotatable bonds is 2. The van der Waals surface area contributed by atoms with Gasteiger partial charge in [-0.2, -0.15) is 5.10 Å². The summed E-state index contributed by atoms with van der Waals surface area (Å²) in [5.41, 5.74) is 5.57. The van der Waals surface area contributed by atoms with Gasteiger partial charge in [0.1, 0.15) is 5.71 Å². The number of nitrogens with zero attached hydrogens (tertiary/aromatic N) is 1. The van der Waals surface area contributed by atoms with E-state index in [0.29, 0.717) is 5.71 Å². The first-order valence-corrected chi connectivity index (χ1v) is 5.44. The van der Waals surface area contributed by atoms with Gasteiger partial charge < -0.3 is 5.32 Å². The van der Waals surface area contributed by atoms with Gasteiger partial charge in [0.2, 0.25) is 0 Å². The first-order valence-electron chi connectivity index (χ1n) is 5.44. The third-order valence-electron chi connectivity index (χ3n) is 2.59. The van der Waals surface area contributed by atoms with E-state index in [-0.39, 0.29) is 5.91 Å². The summed E-state index contributed by atoms with van der Waals surface area (Å²) in [6, 6.07) is 7.86. The zero-order chi connectivity index (χ0) is 11.4. The summed E-state index contributed by atoms with van der Waals surface area (Å²) in [5, 5.41) is 6.92. The normalized spacial score (nSPS) is 18.3. The first kappa shape index (κ1) is 10.7. The Morgan fingerprint density at radius 2 is 2.19 bits per heavy atom. The minimum absolute atomic E-state index is 0.0627. The lowest BCUT2D eigenvalue weighted by atomic mass is 10.1. The highest BCUT2D eigenvalue weighted by molar-refractivity contribution is 6.39. The molecule has 0 unspecified atom stereocenters. The number of amides is 1. The quantitative estimate of drug-likeness (QED) is 0.740. The van der Waals surface area contributed by atoms with Gasteiger partial charge in [-0.1, -0.05) is 18.2 Å². The van der Waals surface area contributed by atoms with Crippen LogP contribution in [0.5, 0.6) is 0 Å². The molecule has 84 valence electrons. The van der Waals surface area contributed by atoms with Crippen molar-refractivity contribution in [3.05, 3.63) is 29.8 Å². The Morgan fingerprint density at radius 1 is 1.38 bits per heavy atom. The topological polar surface area (TPSA) is 53.5 Å². The number of nitrogens with one attached hydrogen (secondary N) is 2. The summed E-state index contributed by atoms with van der Waals surface area (Å²) in [4.78, 5) is 11.4. The van der Waals surface area contributed by atoms with E-state index in [1.807, 2.05) is 31.2 Å². The third-order valence-corrected chi connectivity index (χ3v) is 2.59. The molecule has 1 heterocycles. The predicted octanol–water partition coefficient (Wildman–Crippen LogP) is 1.67. The lowest BCUT2D eigenvalue weighted by Crippen LogP contribution is -2.37. The van der Waals surface area contributed by atoms with Gasteiger partial charge in [0.05, 0.1) is 5.69 Å². The molecule has 0 saturated carbocycles. The van der Waals surface area contributed by atoms with E-state index in [9.17, 15) is 4.79 Å². The van der Waals surface area contributed by atoms with Gasteiger partial charge in [-0.3, -0.25) is 10.2 Å². The summed E-state index contributed by atoms with van der Waals surface area (Å²) in [5.74, 6) is -0.0627. The van der Waals surface area contributed by atoms with E-state index in [1.54, 1.807) is 0 Å². The van der Waals surface area contributed by atoms with Gasteiger partial charge >= 0.3 is 0 Å². The molecule has 2 N–H and O–H groups in total. The predicted molar refractivity (Wildman–Crippen MR) is 64.5 cm³/mol. The van der Waals surface area contributed by atoms with Crippen LogP contribution in [0.25, 0.3) is 0 Å². The maximum atomic E-state index is 11.4. The van der Waals surface area contributed by atoms with Crippen molar-refractivity contribution in [1.29, 1.82) is 0 Å². The molecule has 1 aliphatic rings. The van der Waals surface area contributed by atoms with Crippen LogP contribution in [0.15, 0.2) is 29.4 Å². The van der Waals surface area contributed by atoms with Gasteiger partial charge in [0.25, 0.3) is 5.91 Å². The average molecular weight is 217 g/mol. The summed E-state index contributed by atoms with van der Waals surface area (Å²) in [6.45, 7) is 2.76. The summed E-state index contributed by atoms with van der Waals surface area (Å²) >= 11 is 0. The minimum atomic E-state index is -0.0627. The van der Waals surface area contributed by atoms with E-state index in [0.717, 1.165) is 30.6 Å². The van der Waals surface area contributed by atoms with Gasteiger partial charge in [-0.15, -0.1) is 0 Å². The van der Waals surface area contributed by atoms with Gasteiger partial charge in [-0.05, 0) is 31.4 Å². The van der Waals surface area contributed by atoms with Crippen molar-refractivity contribution >= 4 is 17.3 Å². The molecule has 1 aromatic rings. The van der Waals surface area contributed by atoms with E-state index in [1.165, 1.54) is 0 Å². The Balaban J connectivity index is 2.08. The molecule has 0 radical (unpaired) electrons. The fourth-order valence-electron chi connectivity index (χ4n) is 1.61. The Bertz CT molecular complexity index is 426. The second kappa shape index (κ2) is 4.79. The van der Waals surface area contributed by atoms with Crippen LogP contribution >= 0.6 is 0 Å². The highest BCUT2D eigenvalue weighted by Gasteiger charge is 2.15. The Labute approximate surface area is 94.7 Å². The Kier molecular flexibility index (Phi) is 3.19. The molecule has 0 atom stereocenters.